The Bertz CT molecular complexity index is 6370. The fourth-order valence-electron chi connectivity index (χ4n) is 16.8. The second kappa shape index (κ2) is 24.8. The van der Waals surface area contributed by atoms with Gasteiger partial charge in [0.1, 0.15) is 11.2 Å². The van der Waals surface area contributed by atoms with Crippen LogP contribution < -0.4 is 31.5 Å². The van der Waals surface area contributed by atoms with Gasteiger partial charge in [0.2, 0.25) is 0 Å². The first-order valence-corrected chi connectivity index (χ1v) is 38.0. The number of hydrogen-bond donors (Lipinski definition) is 0. The minimum Gasteiger partial charge on any atom is -0.455 e. The molecule has 0 saturated heterocycles. The molecule has 4 aromatic heterocycles. The zero-order valence-corrected chi connectivity index (χ0v) is 58.8. The minimum absolute atomic E-state index is 0.0112. The number of hydrogen-bond acceptors (Lipinski definition) is 6. The maximum absolute atomic E-state index is 6.55. The molecule has 0 aliphatic carbocycles. The second-order valence-electron chi connectivity index (χ2n) is 27.2. The summed E-state index contributed by atoms with van der Waals surface area (Å²) in [4.78, 5) is 5.07. The van der Waals surface area contributed by atoms with E-state index in [1.165, 1.54) is 161 Å². The van der Waals surface area contributed by atoms with Crippen LogP contribution >= 0.6 is 34.0 Å². The van der Waals surface area contributed by atoms with Crippen molar-refractivity contribution in [1.29, 1.82) is 0 Å². The van der Waals surface area contributed by atoms with Crippen LogP contribution in [-0.4, -0.2) is 13.7 Å². The predicted octanol–water partition coefficient (Wildman–Crippen LogP) is 24.9. The van der Waals surface area contributed by atoms with Gasteiger partial charge in [-0.3, -0.25) is 0 Å². The van der Waals surface area contributed by atoms with Crippen LogP contribution in [0.15, 0.2) is 368 Å². The van der Waals surface area contributed by atoms with Gasteiger partial charge in [-0.1, -0.05) is 302 Å². The summed E-state index contributed by atoms with van der Waals surface area (Å²) in [5, 5.41) is 10.2. The lowest BCUT2D eigenvalue weighted by Crippen LogP contribution is -2.57. The molecule has 0 bridgehead atoms. The van der Waals surface area contributed by atoms with E-state index in [1.807, 2.05) is 40.1 Å². The number of benzene rings is 16. The molecule has 0 N–H and O–H groups in total. The minimum atomic E-state index is -0.0148. The normalized spacial score (nSPS) is 12.5. The Kier molecular flexibility index (Phi) is 14.4. The number of anilines is 4. The van der Waals surface area contributed by atoms with Crippen molar-refractivity contribution in [2.45, 2.75) is 0 Å². The highest BCUT2D eigenvalue weighted by Gasteiger charge is 2.39. The van der Waals surface area contributed by atoms with Crippen molar-refractivity contribution in [3.63, 3.8) is 0 Å². The summed E-state index contributed by atoms with van der Waals surface area (Å²) in [6.07, 6.45) is 0. The monoisotopic (exact) mass is 1370 g/mol. The molecule has 0 spiro atoms. The molecule has 6 heterocycles. The zero-order valence-electron chi connectivity index (χ0n) is 56.3. The van der Waals surface area contributed by atoms with Gasteiger partial charge in [0.05, 0.1) is 0 Å². The van der Waals surface area contributed by atoms with Crippen molar-refractivity contribution >= 4 is 175 Å². The smallest absolute Gasteiger partial charge is 0.328 e. The summed E-state index contributed by atoms with van der Waals surface area (Å²) in [6.45, 7) is -0.00355. The molecule has 0 saturated carbocycles. The van der Waals surface area contributed by atoms with E-state index in [9.17, 15) is 0 Å². The summed E-state index contributed by atoms with van der Waals surface area (Å²) in [7, 11) is 0. The molecule has 8 heteroatoms. The molecular weight excluding hydrogens is 1310 g/mol. The Morgan fingerprint density at radius 1 is 0.231 bits per heavy atom. The highest BCUT2D eigenvalue weighted by atomic mass is 32.1. The third kappa shape index (κ3) is 9.85. The Balaban J connectivity index is 0.000000134. The standard InChI is InChI=1S/C48H30BNOS.C48H30BNS2/c1-3-13-33(14-4-1)49-43-27-25-31(35-19-11-21-39-37-17-7-9-23-45(37)51-47(35)39)29-41(43)42-30-32(26-28-44(42)50(49)34-15-5-2-6-16-34)36-20-12-22-40-38-18-8-10-24-46(38)52-48(36)40;1-5-19-43-37(11-1)38-12-2-6-20-44(38)50(34-29-25-32(26-30-34)36-16-10-18-42-40-14-4-8-22-46(40)52-48(36)42)49(43)33-27-23-31(24-28-33)35-15-9-17-41-39-13-3-7-21-45(39)51-47(35)41/h2*1-30H. The average molecular weight is 1380 g/mol. The molecule has 0 amide bonds. The van der Waals surface area contributed by atoms with E-state index >= 15 is 0 Å². The highest BCUT2D eigenvalue weighted by molar-refractivity contribution is 7.27. The predicted molar refractivity (Wildman–Crippen MR) is 452 cm³/mol. The summed E-state index contributed by atoms with van der Waals surface area (Å²) < 4.78 is 14.6. The van der Waals surface area contributed by atoms with Gasteiger partial charge in [-0.15, -0.1) is 34.0 Å². The van der Waals surface area contributed by atoms with E-state index in [0.29, 0.717) is 0 Å². The molecule has 3 nitrogen and oxygen atoms in total. The maximum Gasteiger partial charge on any atom is 0.328 e. The van der Waals surface area contributed by atoms with Crippen LogP contribution in [0.1, 0.15) is 0 Å². The van der Waals surface area contributed by atoms with Gasteiger partial charge in [0.25, 0.3) is 0 Å². The van der Waals surface area contributed by atoms with Gasteiger partial charge >= 0.3 is 13.7 Å². The summed E-state index contributed by atoms with van der Waals surface area (Å²) in [5.41, 5.74) is 26.6. The number of fused-ring (bicyclic) bond motifs is 18. The Hall–Kier alpha value is -12.3. The number of rotatable bonds is 8. The van der Waals surface area contributed by atoms with E-state index in [2.05, 4.69) is 368 Å². The van der Waals surface area contributed by atoms with Crippen molar-refractivity contribution in [3.05, 3.63) is 364 Å². The zero-order chi connectivity index (χ0) is 68.3. The van der Waals surface area contributed by atoms with Crippen molar-refractivity contribution in [2.24, 2.45) is 0 Å². The molecule has 0 atom stereocenters. The van der Waals surface area contributed by atoms with E-state index in [-0.39, 0.29) is 13.7 Å². The third-order valence-electron chi connectivity index (χ3n) is 21.5. The van der Waals surface area contributed by atoms with Crippen molar-refractivity contribution < 1.29 is 4.42 Å². The first-order valence-electron chi connectivity index (χ1n) is 35.6. The molecule has 484 valence electrons. The molecule has 22 rings (SSSR count). The van der Waals surface area contributed by atoms with Crippen molar-refractivity contribution in [1.82, 2.24) is 0 Å². The first-order chi connectivity index (χ1) is 51.6. The Morgan fingerprint density at radius 3 is 1.24 bits per heavy atom. The molecule has 16 aromatic carbocycles. The Labute approximate surface area is 614 Å². The first kappa shape index (κ1) is 60.5. The van der Waals surface area contributed by atoms with Gasteiger partial charge in [-0.05, 0) is 134 Å². The van der Waals surface area contributed by atoms with Crippen molar-refractivity contribution in [3.8, 4) is 66.8 Å². The number of nitrogens with zero attached hydrogens (tertiary/aromatic N) is 2. The molecule has 0 unspecified atom stereocenters. The van der Waals surface area contributed by atoms with Gasteiger partial charge < -0.3 is 14.0 Å². The number of thiophene rings is 3. The number of para-hydroxylation sites is 4. The molecule has 2 aliphatic rings. The highest BCUT2D eigenvalue weighted by Crippen LogP contribution is 2.49. The quantitative estimate of drug-likeness (QED) is 0.141. The molecule has 0 fully saturated rings. The van der Waals surface area contributed by atoms with Gasteiger partial charge in [0.15, 0.2) is 0 Å². The molecular formula is C96H60B2N2OS3. The van der Waals surface area contributed by atoms with Gasteiger partial charge in [-0.2, -0.15) is 0 Å². The lowest BCUT2D eigenvalue weighted by Gasteiger charge is -2.39. The fourth-order valence-corrected chi connectivity index (χ4v) is 20.5. The molecule has 2 aliphatic heterocycles. The largest absolute Gasteiger partial charge is 0.455 e. The van der Waals surface area contributed by atoms with Crippen molar-refractivity contribution in [2.75, 3.05) is 9.62 Å². The van der Waals surface area contributed by atoms with Crippen LogP contribution in [0.5, 0.6) is 0 Å². The van der Waals surface area contributed by atoms with E-state index in [0.717, 1.165) is 33.1 Å². The van der Waals surface area contributed by atoms with E-state index in [4.69, 9.17) is 4.42 Å². The van der Waals surface area contributed by atoms with Crippen LogP contribution in [0.3, 0.4) is 0 Å². The maximum atomic E-state index is 6.55. The third-order valence-corrected chi connectivity index (χ3v) is 25.2. The van der Waals surface area contributed by atoms with E-state index in [1.54, 1.807) is 0 Å². The van der Waals surface area contributed by atoms with Crippen LogP contribution in [-0.2, 0) is 0 Å². The van der Waals surface area contributed by atoms with Crippen LogP contribution in [0.25, 0.3) is 149 Å². The van der Waals surface area contributed by atoms with Crippen LogP contribution in [0.2, 0.25) is 0 Å². The topological polar surface area (TPSA) is 19.6 Å². The van der Waals surface area contributed by atoms with Crippen LogP contribution in [0.4, 0.5) is 22.7 Å². The van der Waals surface area contributed by atoms with Crippen LogP contribution in [0, 0.1) is 0 Å². The lowest BCUT2D eigenvalue weighted by atomic mass is 9.45. The number of furan rings is 1. The average Bonchev–Trinajstić information content (AvgIpc) is 1.43. The Morgan fingerprint density at radius 2 is 0.625 bits per heavy atom. The molecule has 0 radical (unpaired) electrons. The molecule has 20 aromatic rings. The van der Waals surface area contributed by atoms with Gasteiger partial charge in [-0.25, -0.2) is 0 Å². The summed E-state index contributed by atoms with van der Waals surface area (Å²) >= 11 is 5.66. The second-order valence-corrected chi connectivity index (χ2v) is 30.4. The summed E-state index contributed by atoms with van der Waals surface area (Å²) in [5.74, 6) is 0. The fraction of sp³-hybridized carbons (Fsp3) is 0. The lowest BCUT2D eigenvalue weighted by molar-refractivity contribution is 0.670. The SMILES string of the molecule is c1ccc(B2c3ccc(-c4cccc5c4oc4ccccc45)cc3-c3cc(-c4cccc5c4sc4ccccc45)ccc3N2c2ccccc2)cc1.c1ccc2c(c1)B(c1ccc(-c3cccc4c3sc3ccccc34)cc1)N(c1ccc(-c3cccc4c3sc3ccccc34)cc1)c1ccccc1-2. The van der Waals surface area contributed by atoms with E-state index < -0.39 is 0 Å². The van der Waals surface area contributed by atoms with Gasteiger partial charge in [0, 0.05) is 111 Å². The molecule has 104 heavy (non-hydrogen) atoms. The summed E-state index contributed by atoms with van der Waals surface area (Å²) in [6, 6.07) is 134.